The molecular formula is C14H23NO3. The van der Waals surface area contributed by atoms with E-state index in [1.165, 1.54) is 0 Å². The molecule has 0 atom stereocenters. The molecule has 0 fully saturated rings. The Balaban J connectivity index is 2.53. The van der Waals surface area contributed by atoms with E-state index in [4.69, 9.17) is 14.2 Å². The minimum Gasteiger partial charge on any atom is -0.496 e. The first-order chi connectivity index (χ1) is 8.71. The van der Waals surface area contributed by atoms with Crippen molar-refractivity contribution in [3.8, 4) is 5.75 Å². The molecule has 0 heterocycles. The van der Waals surface area contributed by atoms with Crippen LogP contribution in [0.4, 0.5) is 5.69 Å². The van der Waals surface area contributed by atoms with Gasteiger partial charge in [0.25, 0.3) is 0 Å². The zero-order chi connectivity index (χ0) is 13.4. The van der Waals surface area contributed by atoms with Gasteiger partial charge in [-0.3, -0.25) is 0 Å². The molecule has 0 aromatic heterocycles. The largest absolute Gasteiger partial charge is 0.496 e. The summed E-state index contributed by atoms with van der Waals surface area (Å²) in [5.41, 5.74) is 2.14. The van der Waals surface area contributed by atoms with E-state index < -0.39 is 0 Å². The van der Waals surface area contributed by atoms with Crippen LogP contribution in [0.5, 0.6) is 5.75 Å². The van der Waals surface area contributed by atoms with Crippen LogP contribution in [-0.2, 0) is 9.47 Å². The predicted molar refractivity (Wildman–Crippen MR) is 73.3 cm³/mol. The molecule has 4 heteroatoms. The van der Waals surface area contributed by atoms with Crippen molar-refractivity contribution in [1.29, 1.82) is 0 Å². The van der Waals surface area contributed by atoms with Crippen LogP contribution in [-0.4, -0.2) is 33.2 Å². The number of ether oxygens (including phenoxy) is 3. The van der Waals surface area contributed by atoms with Gasteiger partial charge in [-0.2, -0.15) is 0 Å². The maximum Gasteiger partial charge on any atom is 0.174 e. The quantitative estimate of drug-likeness (QED) is 0.723. The highest BCUT2D eigenvalue weighted by molar-refractivity contribution is 5.50. The van der Waals surface area contributed by atoms with Crippen LogP contribution in [0.15, 0.2) is 18.2 Å². The number of rotatable bonds is 8. The smallest absolute Gasteiger partial charge is 0.174 e. The Morgan fingerprint density at radius 1 is 1.17 bits per heavy atom. The highest BCUT2D eigenvalue weighted by Crippen LogP contribution is 2.21. The second kappa shape index (κ2) is 7.95. The molecule has 0 aliphatic rings. The number of nitrogens with one attached hydrogen (secondary N) is 1. The van der Waals surface area contributed by atoms with Crippen molar-refractivity contribution in [2.45, 2.75) is 27.1 Å². The van der Waals surface area contributed by atoms with Crippen molar-refractivity contribution in [2.75, 3.05) is 32.2 Å². The Bertz CT molecular complexity index is 349. The van der Waals surface area contributed by atoms with E-state index >= 15 is 0 Å². The van der Waals surface area contributed by atoms with Crippen LogP contribution in [0.25, 0.3) is 0 Å². The summed E-state index contributed by atoms with van der Waals surface area (Å²) in [6.45, 7) is 7.87. The van der Waals surface area contributed by atoms with E-state index in [1.807, 2.05) is 39.0 Å². The second-order valence-electron chi connectivity index (χ2n) is 3.91. The summed E-state index contributed by atoms with van der Waals surface area (Å²) in [6, 6.07) is 5.99. The van der Waals surface area contributed by atoms with Gasteiger partial charge in [0, 0.05) is 18.9 Å². The van der Waals surface area contributed by atoms with Crippen molar-refractivity contribution in [1.82, 2.24) is 0 Å². The summed E-state index contributed by atoms with van der Waals surface area (Å²) in [6.07, 6.45) is -0.206. The maximum absolute atomic E-state index is 5.47. The van der Waals surface area contributed by atoms with Crippen LogP contribution in [0.1, 0.15) is 19.4 Å². The summed E-state index contributed by atoms with van der Waals surface area (Å²) in [5, 5.41) is 3.30. The molecule has 0 amide bonds. The summed E-state index contributed by atoms with van der Waals surface area (Å²) in [7, 11) is 1.68. The molecule has 0 radical (unpaired) electrons. The van der Waals surface area contributed by atoms with Crippen LogP contribution in [0.3, 0.4) is 0 Å². The van der Waals surface area contributed by atoms with Gasteiger partial charge in [-0.1, -0.05) is 0 Å². The normalized spacial score (nSPS) is 10.7. The van der Waals surface area contributed by atoms with Gasteiger partial charge < -0.3 is 19.5 Å². The predicted octanol–water partition coefficient (Wildman–Crippen LogP) is 2.81. The molecule has 0 spiro atoms. The Morgan fingerprint density at radius 3 is 2.33 bits per heavy atom. The summed E-state index contributed by atoms with van der Waals surface area (Å²) >= 11 is 0. The van der Waals surface area contributed by atoms with E-state index in [9.17, 15) is 0 Å². The summed E-state index contributed by atoms with van der Waals surface area (Å²) < 4.78 is 16.2. The van der Waals surface area contributed by atoms with Crippen molar-refractivity contribution in [3.63, 3.8) is 0 Å². The SMILES string of the molecule is CCOC(CNc1ccc(OC)c(C)c1)OCC. The first kappa shape index (κ1) is 14.8. The van der Waals surface area contributed by atoms with Crippen LogP contribution < -0.4 is 10.1 Å². The summed E-state index contributed by atoms with van der Waals surface area (Å²) in [4.78, 5) is 0. The van der Waals surface area contributed by atoms with E-state index in [-0.39, 0.29) is 6.29 Å². The third-order valence-electron chi connectivity index (χ3n) is 2.57. The molecular weight excluding hydrogens is 230 g/mol. The lowest BCUT2D eigenvalue weighted by atomic mass is 10.2. The molecule has 0 bridgehead atoms. The van der Waals surface area contributed by atoms with Crippen molar-refractivity contribution in [3.05, 3.63) is 23.8 Å². The zero-order valence-corrected chi connectivity index (χ0v) is 11.7. The number of anilines is 1. The van der Waals surface area contributed by atoms with E-state index in [2.05, 4.69) is 5.32 Å². The van der Waals surface area contributed by atoms with E-state index in [0.29, 0.717) is 19.8 Å². The van der Waals surface area contributed by atoms with Gasteiger partial charge >= 0.3 is 0 Å². The molecule has 0 unspecified atom stereocenters. The Morgan fingerprint density at radius 2 is 1.83 bits per heavy atom. The van der Waals surface area contributed by atoms with Gasteiger partial charge in [-0.15, -0.1) is 0 Å². The van der Waals surface area contributed by atoms with Gasteiger partial charge in [0.05, 0.1) is 13.7 Å². The average Bonchev–Trinajstić information content (AvgIpc) is 2.36. The van der Waals surface area contributed by atoms with E-state index in [0.717, 1.165) is 17.0 Å². The topological polar surface area (TPSA) is 39.7 Å². The van der Waals surface area contributed by atoms with Crippen molar-refractivity contribution < 1.29 is 14.2 Å². The Labute approximate surface area is 109 Å². The first-order valence-corrected chi connectivity index (χ1v) is 6.33. The third kappa shape index (κ3) is 4.55. The maximum atomic E-state index is 5.47. The van der Waals surface area contributed by atoms with Gasteiger partial charge in [0.15, 0.2) is 6.29 Å². The van der Waals surface area contributed by atoms with E-state index in [1.54, 1.807) is 7.11 Å². The number of aryl methyl sites for hydroxylation is 1. The number of hydrogen-bond donors (Lipinski definition) is 1. The van der Waals surface area contributed by atoms with Crippen molar-refractivity contribution in [2.24, 2.45) is 0 Å². The Hall–Kier alpha value is -1.26. The number of hydrogen-bond acceptors (Lipinski definition) is 4. The van der Waals surface area contributed by atoms with Gasteiger partial charge in [-0.05, 0) is 44.5 Å². The fraction of sp³-hybridized carbons (Fsp3) is 0.571. The highest BCUT2D eigenvalue weighted by Gasteiger charge is 2.07. The molecule has 0 aliphatic heterocycles. The molecule has 1 N–H and O–H groups in total. The molecule has 0 aliphatic carbocycles. The van der Waals surface area contributed by atoms with Gasteiger partial charge in [0.1, 0.15) is 5.75 Å². The molecule has 0 saturated heterocycles. The molecule has 1 rings (SSSR count). The standard InChI is InChI=1S/C14H23NO3/c1-5-17-14(18-6-2)10-15-12-7-8-13(16-4)11(3)9-12/h7-9,14-15H,5-6,10H2,1-4H3. The van der Waals surface area contributed by atoms with Crippen LogP contribution in [0, 0.1) is 6.92 Å². The van der Waals surface area contributed by atoms with Crippen LogP contribution in [0.2, 0.25) is 0 Å². The molecule has 0 saturated carbocycles. The van der Waals surface area contributed by atoms with Crippen molar-refractivity contribution >= 4 is 5.69 Å². The molecule has 1 aromatic carbocycles. The monoisotopic (exact) mass is 253 g/mol. The highest BCUT2D eigenvalue weighted by atomic mass is 16.7. The Kier molecular flexibility index (Phi) is 6.54. The summed E-state index contributed by atoms with van der Waals surface area (Å²) in [5.74, 6) is 0.895. The van der Waals surface area contributed by atoms with Gasteiger partial charge in [-0.25, -0.2) is 0 Å². The fourth-order valence-electron chi connectivity index (χ4n) is 1.73. The minimum absolute atomic E-state index is 0.206. The zero-order valence-electron chi connectivity index (χ0n) is 11.7. The lowest BCUT2D eigenvalue weighted by molar-refractivity contribution is -0.126. The first-order valence-electron chi connectivity index (χ1n) is 6.33. The van der Waals surface area contributed by atoms with Crippen LogP contribution >= 0.6 is 0 Å². The lowest BCUT2D eigenvalue weighted by Crippen LogP contribution is -2.26. The molecule has 102 valence electrons. The third-order valence-corrected chi connectivity index (χ3v) is 2.57. The fourth-order valence-corrected chi connectivity index (χ4v) is 1.73. The lowest BCUT2D eigenvalue weighted by Gasteiger charge is -2.18. The number of benzene rings is 1. The minimum atomic E-state index is -0.206. The van der Waals surface area contributed by atoms with Gasteiger partial charge in [0.2, 0.25) is 0 Å². The second-order valence-corrected chi connectivity index (χ2v) is 3.91. The average molecular weight is 253 g/mol. The number of methoxy groups -OCH3 is 1. The molecule has 1 aromatic rings. The molecule has 4 nitrogen and oxygen atoms in total. The molecule has 18 heavy (non-hydrogen) atoms.